The van der Waals surface area contributed by atoms with Crippen molar-refractivity contribution in [2.75, 3.05) is 25.9 Å². The number of rotatable bonds is 6. The third-order valence-electron chi connectivity index (χ3n) is 3.96. The zero-order valence-corrected chi connectivity index (χ0v) is 13.7. The van der Waals surface area contributed by atoms with Crippen LogP contribution in [0.3, 0.4) is 0 Å². The average molecular weight is 306 g/mol. The van der Waals surface area contributed by atoms with Gasteiger partial charge in [-0.15, -0.1) is 11.8 Å². The number of carbonyl (C=O) groups excluding carboxylic acids is 1. The topological polar surface area (TPSA) is 32.3 Å². The predicted octanol–water partition coefficient (Wildman–Crippen LogP) is 3.16. The fraction of sp³-hybridized carbons (Fsp3) is 0.588. The molecule has 116 valence electrons. The number of amides is 1. The van der Waals surface area contributed by atoms with Gasteiger partial charge in [-0.25, -0.2) is 0 Å². The van der Waals surface area contributed by atoms with Gasteiger partial charge in [0.05, 0.1) is 6.04 Å². The Morgan fingerprint density at radius 1 is 1.29 bits per heavy atom. The molecule has 0 radical (unpaired) electrons. The molecule has 0 bridgehead atoms. The van der Waals surface area contributed by atoms with Gasteiger partial charge < -0.3 is 5.32 Å². The van der Waals surface area contributed by atoms with Crippen LogP contribution in [0.1, 0.15) is 32.1 Å². The lowest BCUT2D eigenvalue weighted by atomic mass is 10.1. The fourth-order valence-corrected chi connectivity index (χ4v) is 3.57. The fourth-order valence-electron chi connectivity index (χ4n) is 2.69. The Hall–Kier alpha value is -1.00. The number of likely N-dealkylation sites (tertiary alicyclic amines) is 1. The highest BCUT2D eigenvalue weighted by atomic mass is 32.2. The van der Waals surface area contributed by atoms with Gasteiger partial charge in [-0.05, 0) is 50.7 Å². The molecular weight excluding hydrogens is 280 g/mol. The Morgan fingerprint density at radius 2 is 2.10 bits per heavy atom. The van der Waals surface area contributed by atoms with E-state index < -0.39 is 0 Å². The molecule has 0 saturated carbocycles. The largest absolute Gasteiger partial charge is 0.355 e. The van der Waals surface area contributed by atoms with Crippen LogP contribution in [0.5, 0.6) is 0 Å². The molecule has 1 saturated heterocycles. The van der Waals surface area contributed by atoms with Gasteiger partial charge in [0.25, 0.3) is 0 Å². The summed E-state index contributed by atoms with van der Waals surface area (Å²) in [5.41, 5.74) is 0. The lowest BCUT2D eigenvalue weighted by Crippen LogP contribution is -2.45. The van der Waals surface area contributed by atoms with Crippen molar-refractivity contribution in [3.05, 3.63) is 30.3 Å². The van der Waals surface area contributed by atoms with Crippen molar-refractivity contribution >= 4 is 17.7 Å². The highest BCUT2D eigenvalue weighted by molar-refractivity contribution is 7.99. The van der Waals surface area contributed by atoms with E-state index in [1.807, 2.05) is 17.8 Å². The summed E-state index contributed by atoms with van der Waals surface area (Å²) in [5, 5.41) is 3.10. The number of nitrogens with one attached hydrogen (secondary N) is 1. The van der Waals surface area contributed by atoms with Crippen molar-refractivity contribution in [1.82, 2.24) is 10.2 Å². The number of hydrogen-bond acceptors (Lipinski definition) is 3. The standard InChI is InChI=1S/C17H26N2OS/c1-19-13-7-3-6-11-16(19)17(20)18-12-8-14-21-15-9-4-2-5-10-15/h2,4-5,9-10,16H,3,6-8,11-14H2,1H3,(H,18,20). The van der Waals surface area contributed by atoms with Gasteiger partial charge in [0.15, 0.2) is 0 Å². The van der Waals surface area contributed by atoms with Crippen LogP contribution in [-0.2, 0) is 4.79 Å². The van der Waals surface area contributed by atoms with E-state index >= 15 is 0 Å². The van der Waals surface area contributed by atoms with Crippen molar-refractivity contribution in [3.63, 3.8) is 0 Å². The van der Waals surface area contributed by atoms with Gasteiger partial charge in [0, 0.05) is 11.4 Å². The van der Waals surface area contributed by atoms with Crippen LogP contribution in [0.25, 0.3) is 0 Å². The lowest BCUT2D eigenvalue weighted by Gasteiger charge is -2.24. The van der Waals surface area contributed by atoms with E-state index in [1.54, 1.807) is 0 Å². The van der Waals surface area contributed by atoms with E-state index in [0.717, 1.165) is 31.7 Å². The minimum absolute atomic E-state index is 0.0780. The maximum Gasteiger partial charge on any atom is 0.237 e. The smallest absolute Gasteiger partial charge is 0.237 e. The van der Waals surface area contributed by atoms with Gasteiger partial charge in [-0.3, -0.25) is 9.69 Å². The third kappa shape index (κ3) is 5.71. The third-order valence-corrected chi connectivity index (χ3v) is 5.05. The zero-order valence-electron chi connectivity index (χ0n) is 12.9. The normalized spacial score (nSPS) is 20.0. The highest BCUT2D eigenvalue weighted by Crippen LogP contribution is 2.18. The Bertz CT molecular complexity index is 424. The molecule has 4 heteroatoms. The molecule has 1 heterocycles. The molecule has 1 fully saturated rings. The second-order valence-electron chi connectivity index (χ2n) is 5.65. The summed E-state index contributed by atoms with van der Waals surface area (Å²) in [4.78, 5) is 15.7. The Kier molecular flexibility index (Phi) is 7.10. The van der Waals surface area contributed by atoms with Crippen LogP contribution in [0.15, 0.2) is 35.2 Å². The first-order valence-electron chi connectivity index (χ1n) is 7.93. The summed E-state index contributed by atoms with van der Waals surface area (Å²) in [5.74, 6) is 1.26. The predicted molar refractivity (Wildman–Crippen MR) is 89.7 cm³/mol. The molecule has 1 aromatic carbocycles. The quantitative estimate of drug-likeness (QED) is 0.647. The van der Waals surface area contributed by atoms with E-state index in [4.69, 9.17) is 0 Å². The molecule has 0 aromatic heterocycles. The van der Waals surface area contributed by atoms with Gasteiger partial charge >= 0.3 is 0 Å². The second kappa shape index (κ2) is 9.11. The maximum atomic E-state index is 12.2. The van der Waals surface area contributed by atoms with Gasteiger partial charge in [0.2, 0.25) is 5.91 Å². The average Bonchev–Trinajstić information content (AvgIpc) is 2.72. The molecule has 0 spiro atoms. The highest BCUT2D eigenvalue weighted by Gasteiger charge is 2.23. The van der Waals surface area contributed by atoms with Crippen molar-refractivity contribution in [3.8, 4) is 0 Å². The molecular formula is C17H26N2OS. The van der Waals surface area contributed by atoms with Crippen LogP contribution in [0.4, 0.5) is 0 Å². The van der Waals surface area contributed by atoms with E-state index in [9.17, 15) is 4.79 Å². The summed E-state index contributed by atoms with van der Waals surface area (Å²) in [6.45, 7) is 1.82. The molecule has 0 aliphatic carbocycles. The second-order valence-corrected chi connectivity index (χ2v) is 6.82. The van der Waals surface area contributed by atoms with Crippen molar-refractivity contribution in [2.45, 2.75) is 43.0 Å². The molecule has 1 unspecified atom stereocenters. The number of nitrogens with zero attached hydrogens (tertiary/aromatic N) is 1. The van der Waals surface area contributed by atoms with Crippen LogP contribution in [0, 0.1) is 0 Å². The van der Waals surface area contributed by atoms with E-state index in [0.29, 0.717) is 0 Å². The van der Waals surface area contributed by atoms with Crippen molar-refractivity contribution in [1.29, 1.82) is 0 Å². The molecule has 1 atom stereocenters. The van der Waals surface area contributed by atoms with Gasteiger partial charge in [0.1, 0.15) is 0 Å². The molecule has 1 aromatic rings. The van der Waals surface area contributed by atoms with E-state index in [-0.39, 0.29) is 11.9 Å². The number of benzene rings is 1. The van der Waals surface area contributed by atoms with Gasteiger partial charge in [-0.2, -0.15) is 0 Å². The first kappa shape index (κ1) is 16.4. The molecule has 1 aliphatic heterocycles. The Morgan fingerprint density at radius 3 is 2.90 bits per heavy atom. The molecule has 1 N–H and O–H groups in total. The number of thioether (sulfide) groups is 1. The van der Waals surface area contributed by atoms with E-state index in [2.05, 4.69) is 41.5 Å². The minimum atomic E-state index is 0.0780. The summed E-state index contributed by atoms with van der Waals surface area (Å²) < 4.78 is 0. The molecule has 2 rings (SSSR count). The molecule has 3 nitrogen and oxygen atoms in total. The summed E-state index contributed by atoms with van der Waals surface area (Å²) in [6, 6.07) is 10.5. The summed E-state index contributed by atoms with van der Waals surface area (Å²) in [7, 11) is 2.07. The van der Waals surface area contributed by atoms with E-state index in [1.165, 1.54) is 24.2 Å². The van der Waals surface area contributed by atoms with Crippen LogP contribution >= 0.6 is 11.8 Å². The van der Waals surface area contributed by atoms with Crippen LogP contribution < -0.4 is 5.32 Å². The summed E-state index contributed by atoms with van der Waals surface area (Å²) >= 11 is 1.85. The SMILES string of the molecule is CN1CCCCCC1C(=O)NCCCSc1ccccc1. The Balaban J connectivity index is 1.62. The first-order chi connectivity index (χ1) is 10.3. The lowest BCUT2D eigenvalue weighted by molar-refractivity contribution is -0.126. The monoisotopic (exact) mass is 306 g/mol. The number of likely N-dealkylation sites (N-methyl/N-ethyl adjacent to an activating group) is 1. The zero-order chi connectivity index (χ0) is 14.9. The summed E-state index contributed by atoms with van der Waals surface area (Å²) in [6.07, 6.45) is 5.66. The van der Waals surface area contributed by atoms with Crippen molar-refractivity contribution < 1.29 is 4.79 Å². The Labute approximate surface area is 132 Å². The molecule has 1 aliphatic rings. The first-order valence-corrected chi connectivity index (χ1v) is 8.92. The molecule has 21 heavy (non-hydrogen) atoms. The van der Waals surface area contributed by atoms with Crippen LogP contribution in [-0.4, -0.2) is 42.7 Å². The number of carbonyl (C=O) groups is 1. The molecule has 1 amide bonds. The number of hydrogen-bond donors (Lipinski definition) is 1. The van der Waals surface area contributed by atoms with Gasteiger partial charge in [-0.1, -0.05) is 31.0 Å². The maximum absolute atomic E-state index is 12.2. The minimum Gasteiger partial charge on any atom is -0.355 e. The van der Waals surface area contributed by atoms with Crippen molar-refractivity contribution in [2.24, 2.45) is 0 Å². The van der Waals surface area contributed by atoms with Crippen LogP contribution in [0.2, 0.25) is 0 Å².